The molecular weight excluding hydrogens is 288 g/mol. The van der Waals surface area contributed by atoms with Crippen LogP contribution in [0.15, 0.2) is 30.3 Å². The van der Waals surface area contributed by atoms with Crippen LogP contribution in [0.1, 0.15) is 35.2 Å². The molecule has 1 atom stereocenters. The number of alkyl halides is 1. The first-order valence-corrected chi connectivity index (χ1v) is 7.45. The molecule has 1 nitrogen and oxygen atoms in total. The van der Waals surface area contributed by atoms with Crippen LogP contribution in [0.5, 0.6) is 5.75 Å². The number of ether oxygens (including phenoxy) is 1. The van der Waals surface area contributed by atoms with Gasteiger partial charge in [0.15, 0.2) is 0 Å². The van der Waals surface area contributed by atoms with Crippen LogP contribution in [0.4, 0.5) is 0 Å². The summed E-state index contributed by atoms with van der Waals surface area (Å²) < 4.78 is 5.56. The van der Waals surface area contributed by atoms with E-state index in [9.17, 15) is 0 Å². The van der Waals surface area contributed by atoms with Gasteiger partial charge < -0.3 is 4.74 Å². The van der Waals surface area contributed by atoms with Crippen molar-refractivity contribution in [1.82, 2.24) is 0 Å². The lowest BCUT2D eigenvalue weighted by molar-refractivity contribution is 0.419. The summed E-state index contributed by atoms with van der Waals surface area (Å²) in [5.41, 5.74) is 2.92. The van der Waals surface area contributed by atoms with Gasteiger partial charge in [0, 0.05) is 10.2 Å². The molecule has 0 heterocycles. The molecular formula is C16H17BrO. The fraction of sp³-hybridized carbons (Fsp3) is 0.375. The number of hydrogen-bond acceptors (Lipinski definition) is 1. The van der Waals surface area contributed by atoms with Crippen molar-refractivity contribution in [1.29, 1.82) is 0 Å². The molecule has 0 amide bonds. The molecule has 0 saturated heterocycles. The van der Waals surface area contributed by atoms with Gasteiger partial charge in [-0.15, -0.1) is 0 Å². The Morgan fingerprint density at radius 3 is 2.72 bits per heavy atom. The lowest BCUT2D eigenvalue weighted by Gasteiger charge is -2.16. The van der Waals surface area contributed by atoms with E-state index in [0.29, 0.717) is 4.83 Å². The predicted octanol–water partition coefficient (Wildman–Crippen LogP) is 5.01. The van der Waals surface area contributed by atoms with Gasteiger partial charge in [-0.2, -0.15) is 0 Å². The molecule has 2 heteroatoms. The van der Waals surface area contributed by atoms with E-state index < -0.39 is 0 Å². The van der Waals surface area contributed by atoms with E-state index in [1.807, 2.05) is 0 Å². The topological polar surface area (TPSA) is 9.23 Å². The first-order valence-electron chi connectivity index (χ1n) is 6.54. The molecule has 0 saturated carbocycles. The van der Waals surface area contributed by atoms with E-state index in [0.717, 1.165) is 5.75 Å². The summed E-state index contributed by atoms with van der Waals surface area (Å²) in [5.74, 6) is 0.996. The van der Waals surface area contributed by atoms with Crippen LogP contribution in [0.2, 0.25) is 0 Å². The number of aryl methyl sites for hydroxylation is 1. The van der Waals surface area contributed by atoms with Gasteiger partial charge in [-0.25, -0.2) is 0 Å². The Morgan fingerprint density at radius 1 is 1.17 bits per heavy atom. The minimum absolute atomic E-state index is 0.466. The zero-order valence-corrected chi connectivity index (χ0v) is 12.2. The summed E-state index contributed by atoms with van der Waals surface area (Å²) in [6.07, 6.45) is 4.98. The summed E-state index contributed by atoms with van der Waals surface area (Å²) >= 11 is 3.83. The van der Waals surface area contributed by atoms with Crippen LogP contribution in [-0.2, 0) is 6.42 Å². The van der Waals surface area contributed by atoms with Gasteiger partial charge in [-0.1, -0.05) is 46.6 Å². The van der Waals surface area contributed by atoms with E-state index in [-0.39, 0.29) is 0 Å². The van der Waals surface area contributed by atoms with Crippen molar-refractivity contribution in [2.24, 2.45) is 0 Å². The molecule has 0 radical (unpaired) electrons. The smallest absolute Gasteiger partial charge is 0.127 e. The number of benzene rings is 2. The molecule has 1 unspecified atom stereocenters. The van der Waals surface area contributed by atoms with Crippen LogP contribution < -0.4 is 4.74 Å². The third-order valence-corrected chi connectivity index (χ3v) is 4.80. The average molecular weight is 305 g/mol. The highest BCUT2D eigenvalue weighted by Gasteiger charge is 2.20. The lowest BCUT2D eigenvalue weighted by atomic mass is 9.95. The highest BCUT2D eigenvalue weighted by atomic mass is 79.9. The zero-order chi connectivity index (χ0) is 12.5. The van der Waals surface area contributed by atoms with Crippen molar-refractivity contribution in [2.75, 3.05) is 7.11 Å². The monoisotopic (exact) mass is 304 g/mol. The first-order chi connectivity index (χ1) is 8.81. The molecule has 3 rings (SSSR count). The summed E-state index contributed by atoms with van der Waals surface area (Å²) in [6.45, 7) is 0. The van der Waals surface area contributed by atoms with Gasteiger partial charge in [0.05, 0.1) is 7.11 Å². The van der Waals surface area contributed by atoms with Crippen molar-refractivity contribution in [3.8, 4) is 5.75 Å². The summed E-state index contributed by atoms with van der Waals surface area (Å²) in [5, 5.41) is 2.60. The summed E-state index contributed by atoms with van der Waals surface area (Å²) in [7, 11) is 1.76. The number of hydrogen-bond donors (Lipinski definition) is 0. The van der Waals surface area contributed by atoms with Gasteiger partial charge in [0.1, 0.15) is 5.75 Å². The molecule has 0 spiro atoms. The number of halogens is 1. The highest BCUT2D eigenvalue weighted by Crippen LogP contribution is 2.41. The van der Waals surface area contributed by atoms with Crippen molar-refractivity contribution in [2.45, 2.75) is 30.5 Å². The Labute approximate surface area is 116 Å². The van der Waals surface area contributed by atoms with Crippen LogP contribution >= 0.6 is 15.9 Å². The van der Waals surface area contributed by atoms with Gasteiger partial charge in [-0.05, 0) is 41.8 Å². The molecule has 94 valence electrons. The third-order valence-electron chi connectivity index (χ3n) is 3.84. The van der Waals surface area contributed by atoms with Gasteiger partial charge in [-0.3, -0.25) is 0 Å². The molecule has 1 aliphatic rings. The highest BCUT2D eigenvalue weighted by molar-refractivity contribution is 9.09. The van der Waals surface area contributed by atoms with E-state index in [4.69, 9.17) is 4.74 Å². The summed E-state index contributed by atoms with van der Waals surface area (Å²) in [6, 6.07) is 10.8. The Morgan fingerprint density at radius 2 is 1.94 bits per heavy atom. The quantitative estimate of drug-likeness (QED) is 0.531. The fourth-order valence-corrected chi connectivity index (χ4v) is 3.66. The minimum atomic E-state index is 0.466. The lowest BCUT2D eigenvalue weighted by Crippen LogP contribution is -1.97. The predicted molar refractivity (Wildman–Crippen MR) is 79.7 cm³/mol. The Balaban J connectivity index is 2.33. The maximum absolute atomic E-state index is 5.56. The van der Waals surface area contributed by atoms with Crippen molar-refractivity contribution in [3.63, 3.8) is 0 Å². The standard InChI is InChI=1S/C16H17BrO/c1-18-16-10-14-12(7-4-5-9-15(14)17)11-6-2-3-8-13(11)16/h2-3,6,8,10,15H,4-5,7,9H2,1H3. The first kappa shape index (κ1) is 12.0. The molecule has 0 aromatic heterocycles. The molecule has 0 fully saturated rings. The molecule has 0 N–H and O–H groups in total. The molecule has 18 heavy (non-hydrogen) atoms. The Hall–Kier alpha value is -1.02. The SMILES string of the molecule is COc1cc2c(c3ccccc13)CCCCC2Br. The van der Waals surface area contributed by atoms with E-state index >= 15 is 0 Å². The second-order valence-corrected chi connectivity index (χ2v) is 6.01. The maximum atomic E-state index is 5.56. The van der Waals surface area contributed by atoms with E-state index in [2.05, 4.69) is 46.3 Å². The molecule has 0 bridgehead atoms. The summed E-state index contributed by atoms with van der Waals surface area (Å²) in [4.78, 5) is 0.466. The van der Waals surface area contributed by atoms with Gasteiger partial charge >= 0.3 is 0 Å². The van der Waals surface area contributed by atoms with Crippen molar-refractivity contribution in [3.05, 3.63) is 41.5 Å². The molecule has 0 aliphatic heterocycles. The van der Waals surface area contributed by atoms with Crippen LogP contribution in [0.3, 0.4) is 0 Å². The zero-order valence-electron chi connectivity index (χ0n) is 10.6. The van der Waals surface area contributed by atoms with E-state index in [1.54, 1.807) is 7.11 Å². The number of methoxy groups -OCH3 is 1. The van der Waals surface area contributed by atoms with Crippen LogP contribution in [0.25, 0.3) is 10.8 Å². The van der Waals surface area contributed by atoms with Crippen LogP contribution in [0, 0.1) is 0 Å². The van der Waals surface area contributed by atoms with Crippen molar-refractivity contribution >= 4 is 26.7 Å². The van der Waals surface area contributed by atoms with Gasteiger partial charge in [0.25, 0.3) is 0 Å². The molecule has 2 aromatic rings. The second-order valence-electron chi connectivity index (χ2n) is 4.91. The third kappa shape index (κ3) is 1.93. The largest absolute Gasteiger partial charge is 0.496 e. The average Bonchev–Trinajstić information content (AvgIpc) is 2.60. The minimum Gasteiger partial charge on any atom is -0.496 e. The van der Waals surface area contributed by atoms with Crippen molar-refractivity contribution < 1.29 is 4.74 Å². The second kappa shape index (κ2) is 4.93. The normalized spacial score (nSPS) is 19.3. The maximum Gasteiger partial charge on any atom is 0.127 e. The van der Waals surface area contributed by atoms with Crippen LogP contribution in [-0.4, -0.2) is 7.11 Å². The van der Waals surface area contributed by atoms with Gasteiger partial charge in [0.2, 0.25) is 0 Å². The number of fused-ring (bicyclic) bond motifs is 3. The van der Waals surface area contributed by atoms with E-state index in [1.165, 1.54) is 47.6 Å². The Bertz CT molecular complexity index is 577. The fourth-order valence-electron chi connectivity index (χ4n) is 2.93. The molecule has 1 aliphatic carbocycles. The molecule has 2 aromatic carbocycles. The Kier molecular flexibility index (Phi) is 3.29. The number of rotatable bonds is 1.